The largest absolute Gasteiger partial charge is 0.474 e. The zero-order chi connectivity index (χ0) is 17.8. The molecule has 4 aromatic heterocycles. The number of H-pyrrole nitrogens is 2. The van der Waals surface area contributed by atoms with Crippen molar-refractivity contribution >= 4 is 62.0 Å². The number of nitrogen functional groups attached to an aromatic ring is 1. The van der Waals surface area contributed by atoms with Gasteiger partial charge in [-0.05, 0) is 12.1 Å². The molecule has 4 rings (SSSR count). The van der Waals surface area contributed by atoms with Crippen LogP contribution in [0.5, 0.6) is 0 Å². The molecule has 0 saturated carbocycles. The highest BCUT2D eigenvalue weighted by atomic mass is 79.9. The van der Waals surface area contributed by atoms with Crippen LogP contribution in [0.4, 0.5) is 11.4 Å². The van der Waals surface area contributed by atoms with E-state index in [4.69, 9.17) is 10.8 Å². The zero-order valence-corrected chi connectivity index (χ0v) is 15.0. The molecule has 0 fully saturated rings. The fourth-order valence-corrected chi connectivity index (χ4v) is 2.25. The summed E-state index contributed by atoms with van der Waals surface area (Å²) in [4.78, 5) is 34.9. The van der Waals surface area contributed by atoms with Gasteiger partial charge in [0.2, 0.25) is 0 Å². The first kappa shape index (κ1) is 18.9. The van der Waals surface area contributed by atoms with Gasteiger partial charge in [0.25, 0.3) is 0 Å². The lowest BCUT2D eigenvalue weighted by Gasteiger charge is -1.98. The molecule has 1 amide bonds. The molecular formula is C16H15BrN6O3. The van der Waals surface area contributed by atoms with E-state index in [0.29, 0.717) is 5.69 Å². The van der Waals surface area contributed by atoms with E-state index in [-0.39, 0.29) is 17.0 Å². The highest BCUT2D eigenvalue weighted by Gasteiger charge is 2.13. The molecule has 0 bridgehead atoms. The average Bonchev–Trinajstić information content (AvgIpc) is 3.20. The molecule has 0 saturated heterocycles. The number of carboxylic acids is 1. The molecule has 4 aromatic rings. The van der Waals surface area contributed by atoms with Gasteiger partial charge >= 0.3 is 11.9 Å². The molecule has 0 spiro atoms. The third-order valence-corrected chi connectivity index (χ3v) is 3.44. The predicted molar refractivity (Wildman–Crippen MR) is 103 cm³/mol. The Hall–Kier alpha value is -3.40. The number of aromatic amines is 2. The standard InChI is InChI=1S/C9H7N3O3.C7H7N3.BrH/c13-8(9(14)15)12-7-4-11-6-3-10-2-1-5(6)7;8-6-3-10-7-4-9-2-1-5(6)7;/h1-4,11H,(H,12,13)(H,14,15);1-4,10H,8H2;1H. The number of nitrogens with two attached hydrogens (primary N) is 1. The summed E-state index contributed by atoms with van der Waals surface area (Å²) in [5, 5.41) is 12.4. The zero-order valence-electron chi connectivity index (χ0n) is 13.3. The van der Waals surface area contributed by atoms with Crippen molar-refractivity contribution in [2.75, 3.05) is 11.1 Å². The number of amides is 1. The summed E-state index contributed by atoms with van der Waals surface area (Å²) in [7, 11) is 0. The number of aromatic nitrogens is 4. The van der Waals surface area contributed by atoms with Crippen LogP contribution in [0.25, 0.3) is 21.8 Å². The Kier molecular flexibility index (Phi) is 5.91. The van der Waals surface area contributed by atoms with Gasteiger partial charge in [-0.15, -0.1) is 17.0 Å². The monoisotopic (exact) mass is 418 g/mol. The van der Waals surface area contributed by atoms with Gasteiger partial charge in [0.05, 0.1) is 34.8 Å². The topological polar surface area (TPSA) is 150 Å². The van der Waals surface area contributed by atoms with Crippen LogP contribution in [-0.4, -0.2) is 36.9 Å². The maximum absolute atomic E-state index is 10.9. The first-order valence-electron chi connectivity index (χ1n) is 7.18. The molecule has 0 unspecified atom stereocenters. The number of nitrogens with one attached hydrogen (secondary N) is 3. The van der Waals surface area contributed by atoms with Gasteiger partial charge in [0.1, 0.15) is 0 Å². The maximum Gasteiger partial charge on any atom is 0.394 e. The van der Waals surface area contributed by atoms with Crippen molar-refractivity contribution in [3.05, 3.63) is 49.3 Å². The van der Waals surface area contributed by atoms with Crippen LogP contribution in [0.2, 0.25) is 0 Å². The lowest BCUT2D eigenvalue weighted by Crippen LogP contribution is -2.21. The van der Waals surface area contributed by atoms with Crippen molar-refractivity contribution in [1.29, 1.82) is 0 Å². The van der Waals surface area contributed by atoms with Crippen LogP contribution < -0.4 is 11.1 Å². The van der Waals surface area contributed by atoms with Crippen molar-refractivity contribution in [2.24, 2.45) is 0 Å². The lowest BCUT2D eigenvalue weighted by molar-refractivity contribution is -0.147. The SMILES string of the molecule is Br.Nc1c[nH]c2cnccc12.O=C(O)C(=O)Nc1c[nH]c2cnccc12. The number of nitrogens with zero attached hydrogens (tertiary/aromatic N) is 2. The minimum atomic E-state index is -1.52. The second-order valence-electron chi connectivity index (χ2n) is 5.05. The first-order valence-corrected chi connectivity index (χ1v) is 7.18. The number of fused-ring (bicyclic) bond motifs is 2. The van der Waals surface area contributed by atoms with Crippen LogP contribution in [0.3, 0.4) is 0 Å². The minimum absolute atomic E-state index is 0. The molecule has 0 aromatic carbocycles. The quantitative estimate of drug-likeness (QED) is 0.299. The molecule has 0 aliphatic carbocycles. The fraction of sp³-hybridized carbons (Fsp3) is 0. The van der Waals surface area contributed by atoms with Crippen LogP contribution in [-0.2, 0) is 9.59 Å². The number of rotatable bonds is 1. The summed E-state index contributed by atoms with van der Waals surface area (Å²) in [6, 6.07) is 3.57. The van der Waals surface area contributed by atoms with Crippen molar-refractivity contribution < 1.29 is 14.7 Å². The summed E-state index contributed by atoms with van der Waals surface area (Å²) in [5.74, 6) is -2.58. The van der Waals surface area contributed by atoms with E-state index in [1.165, 1.54) is 6.20 Å². The van der Waals surface area contributed by atoms with E-state index in [1.807, 2.05) is 6.07 Å². The van der Waals surface area contributed by atoms with E-state index in [1.54, 1.807) is 37.1 Å². The molecule has 10 heteroatoms. The van der Waals surface area contributed by atoms with Gasteiger partial charge in [0, 0.05) is 35.6 Å². The number of anilines is 2. The Morgan fingerprint density at radius 2 is 1.58 bits per heavy atom. The van der Waals surface area contributed by atoms with Crippen LogP contribution in [0.1, 0.15) is 0 Å². The third-order valence-electron chi connectivity index (χ3n) is 3.44. The summed E-state index contributed by atoms with van der Waals surface area (Å²) < 4.78 is 0. The second-order valence-corrected chi connectivity index (χ2v) is 5.05. The van der Waals surface area contributed by atoms with Gasteiger partial charge < -0.3 is 26.1 Å². The molecular weight excluding hydrogens is 404 g/mol. The van der Waals surface area contributed by atoms with E-state index in [0.717, 1.165) is 27.5 Å². The van der Waals surface area contributed by atoms with E-state index in [2.05, 4.69) is 25.3 Å². The van der Waals surface area contributed by atoms with Crippen LogP contribution in [0, 0.1) is 0 Å². The smallest absolute Gasteiger partial charge is 0.394 e. The van der Waals surface area contributed by atoms with Gasteiger partial charge in [-0.2, -0.15) is 0 Å². The number of aliphatic carboxylic acids is 1. The Morgan fingerprint density at radius 1 is 1.00 bits per heavy atom. The van der Waals surface area contributed by atoms with Gasteiger partial charge in [-0.3, -0.25) is 14.8 Å². The Balaban J connectivity index is 0.000000193. The average molecular weight is 419 g/mol. The Bertz CT molecular complexity index is 1060. The van der Waals surface area contributed by atoms with Crippen molar-refractivity contribution in [3.63, 3.8) is 0 Å². The molecule has 6 N–H and O–H groups in total. The molecule has 0 radical (unpaired) electrons. The summed E-state index contributed by atoms with van der Waals surface area (Å²) in [6.45, 7) is 0. The summed E-state index contributed by atoms with van der Waals surface area (Å²) >= 11 is 0. The molecule has 0 aliphatic heterocycles. The first-order chi connectivity index (χ1) is 12.1. The van der Waals surface area contributed by atoms with Crippen molar-refractivity contribution in [2.45, 2.75) is 0 Å². The molecule has 0 aliphatic rings. The van der Waals surface area contributed by atoms with E-state index in [9.17, 15) is 9.59 Å². The van der Waals surface area contributed by atoms with Crippen molar-refractivity contribution in [1.82, 2.24) is 19.9 Å². The third kappa shape index (κ3) is 3.98. The fourth-order valence-electron chi connectivity index (χ4n) is 2.25. The minimum Gasteiger partial charge on any atom is -0.474 e. The number of hydrogen-bond donors (Lipinski definition) is 5. The second kappa shape index (κ2) is 8.12. The Labute approximate surface area is 157 Å². The number of carbonyl (C=O) groups is 2. The van der Waals surface area contributed by atoms with Crippen LogP contribution >= 0.6 is 17.0 Å². The lowest BCUT2D eigenvalue weighted by atomic mass is 10.3. The summed E-state index contributed by atoms with van der Waals surface area (Å²) in [5.41, 5.74) is 8.54. The highest BCUT2D eigenvalue weighted by Crippen LogP contribution is 2.21. The maximum atomic E-state index is 10.9. The highest BCUT2D eigenvalue weighted by molar-refractivity contribution is 8.93. The van der Waals surface area contributed by atoms with E-state index < -0.39 is 11.9 Å². The number of halogens is 1. The molecule has 4 heterocycles. The van der Waals surface area contributed by atoms with Crippen molar-refractivity contribution in [3.8, 4) is 0 Å². The number of carboxylic acid groups (broad SMARTS) is 1. The number of hydrogen-bond acceptors (Lipinski definition) is 5. The molecule has 0 atom stereocenters. The van der Waals surface area contributed by atoms with Gasteiger partial charge in [-0.1, -0.05) is 0 Å². The predicted octanol–water partition coefficient (Wildman–Crippen LogP) is 2.31. The van der Waals surface area contributed by atoms with Crippen LogP contribution in [0.15, 0.2) is 49.3 Å². The summed E-state index contributed by atoms with van der Waals surface area (Å²) in [6.07, 6.45) is 9.93. The molecule has 9 nitrogen and oxygen atoms in total. The van der Waals surface area contributed by atoms with Gasteiger partial charge in [-0.25, -0.2) is 4.79 Å². The number of carbonyl (C=O) groups excluding carboxylic acids is 1. The van der Waals surface area contributed by atoms with Gasteiger partial charge in [0.15, 0.2) is 0 Å². The number of pyridine rings is 2. The Morgan fingerprint density at radius 3 is 2.19 bits per heavy atom. The van der Waals surface area contributed by atoms with E-state index >= 15 is 0 Å². The normalized spacial score (nSPS) is 9.85. The molecule has 26 heavy (non-hydrogen) atoms. The molecule has 134 valence electrons.